The van der Waals surface area contributed by atoms with Crippen LogP contribution in [0.4, 0.5) is 9.52 Å². The molecule has 2 aromatic heterocycles. The Morgan fingerprint density at radius 3 is 2.87 bits per heavy atom. The van der Waals surface area contributed by atoms with Gasteiger partial charge in [0.1, 0.15) is 12.4 Å². The van der Waals surface area contributed by atoms with Crippen LogP contribution in [0.2, 0.25) is 0 Å². The number of amides is 1. The molecular formula is C22H16FN3O3S. The van der Waals surface area contributed by atoms with Crippen molar-refractivity contribution in [1.82, 2.24) is 9.97 Å². The molecule has 4 aromatic rings. The van der Waals surface area contributed by atoms with Crippen molar-refractivity contribution in [2.45, 2.75) is 12.6 Å². The van der Waals surface area contributed by atoms with Crippen LogP contribution in [-0.4, -0.2) is 28.6 Å². The van der Waals surface area contributed by atoms with Crippen LogP contribution in [0.1, 0.15) is 5.56 Å². The molecule has 6 nitrogen and oxygen atoms in total. The monoisotopic (exact) mass is 421 g/mol. The van der Waals surface area contributed by atoms with Crippen molar-refractivity contribution in [2.75, 3.05) is 11.5 Å². The number of halogens is 1. The Labute approximate surface area is 175 Å². The van der Waals surface area contributed by atoms with Gasteiger partial charge >= 0.3 is 0 Å². The summed E-state index contributed by atoms with van der Waals surface area (Å²) in [6.45, 7) is 0.357. The number of nitrogens with zero attached hydrogens (tertiary/aromatic N) is 3. The fourth-order valence-corrected chi connectivity index (χ4v) is 4.23. The number of fused-ring (bicyclic) bond motifs is 2. The maximum absolute atomic E-state index is 13.6. The van der Waals surface area contributed by atoms with Gasteiger partial charge in [-0.2, -0.15) is 0 Å². The van der Waals surface area contributed by atoms with Gasteiger partial charge in [-0.1, -0.05) is 29.5 Å². The second-order valence-electron chi connectivity index (χ2n) is 6.76. The second-order valence-corrected chi connectivity index (χ2v) is 7.77. The average molecular weight is 421 g/mol. The average Bonchev–Trinajstić information content (AvgIpc) is 3.20. The standard InChI is InChI=1S/C22H16FN3O3S/c23-15-7-8-16-20(10-15)30-22(25-16)26(12-14-4-3-9-24-11-14)21(27)19-13-28-17-5-1-2-6-18(17)29-19/h1-11,19H,12-13H2/t19-/m1/s1. The van der Waals surface area contributed by atoms with Crippen LogP contribution < -0.4 is 14.4 Å². The fraction of sp³-hybridized carbons (Fsp3) is 0.136. The zero-order valence-electron chi connectivity index (χ0n) is 15.7. The highest BCUT2D eigenvalue weighted by Crippen LogP contribution is 2.34. The summed E-state index contributed by atoms with van der Waals surface area (Å²) in [5, 5.41) is 0.465. The summed E-state index contributed by atoms with van der Waals surface area (Å²) in [5.74, 6) is 0.502. The lowest BCUT2D eigenvalue weighted by atomic mass is 10.2. The van der Waals surface area contributed by atoms with Crippen LogP contribution in [0.3, 0.4) is 0 Å². The maximum Gasteiger partial charge on any atom is 0.273 e. The number of ether oxygens (including phenoxy) is 2. The van der Waals surface area contributed by atoms with E-state index in [1.807, 2.05) is 24.3 Å². The van der Waals surface area contributed by atoms with E-state index in [1.54, 1.807) is 35.5 Å². The van der Waals surface area contributed by atoms with Gasteiger partial charge in [-0.05, 0) is 42.0 Å². The predicted molar refractivity (Wildman–Crippen MR) is 111 cm³/mol. The van der Waals surface area contributed by atoms with Crippen molar-refractivity contribution in [3.8, 4) is 11.5 Å². The summed E-state index contributed by atoms with van der Waals surface area (Å²) < 4.78 is 25.9. The largest absolute Gasteiger partial charge is 0.485 e. The van der Waals surface area contributed by atoms with Crippen molar-refractivity contribution in [2.24, 2.45) is 0 Å². The SMILES string of the molecule is O=C([C@H]1COc2ccccc2O1)N(Cc1cccnc1)c1nc2ccc(F)cc2s1. The first-order valence-electron chi connectivity index (χ1n) is 9.32. The Hall–Kier alpha value is -3.52. The molecule has 1 aliphatic rings. The minimum atomic E-state index is -0.819. The number of anilines is 1. The molecule has 0 aliphatic carbocycles. The number of thiazole rings is 1. The Morgan fingerprint density at radius 1 is 1.17 bits per heavy atom. The van der Waals surface area contributed by atoms with E-state index in [0.29, 0.717) is 26.8 Å². The number of hydrogen-bond donors (Lipinski definition) is 0. The molecule has 0 saturated heterocycles. The number of carbonyl (C=O) groups excluding carboxylic acids is 1. The number of rotatable bonds is 4. The predicted octanol–water partition coefficient (Wildman–Crippen LogP) is 4.20. The molecule has 0 saturated carbocycles. The molecule has 0 unspecified atom stereocenters. The van der Waals surface area contributed by atoms with E-state index < -0.39 is 6.10 Å². The molecule has 8 heteroatoms. The van der Waals surface area contributed by atoms with Gasteiger partial charge in [-0.25, -0.2) is 9.37 Å². The highest BCUT2D eigenvalue weighted by Gasteiger charge is 2.33. The Balaban J connectivity index is 1.49. The summed E-state index contributed by atoms with van der Waals surface area (Å²) in [7, 11) is 0. The van der Waals surface area contributed by atoms with E-state index in [9.17, 15) is 9.18 Å². The zero-order chi connectivity index (χ0) is 20.5. The van der Waals surface area contributed by atoms with Crippen LogP contribution in [0.5, 0.6) is 11.5 Å². The second kappa shape index (κ2) is 7.72. The smallest absolute Gasteiger partial charge is 0.273 e. The summed E-state index contributed by atoms with van der Waals surface area (Å²) in [6, 6.07) is 15.3. The quantitative estimate of drug-likeness (QED) is 0.494. The lowest BCUT2D eigenvalue weighted by Crippen LogP contribution is -2.46. The molecule has 0 N–H and O–H groups in total. The molecular weight excluding hydrogens is 405 g/mol. The highest BCUT2D eigenvalue weighted by atomic mass is 32.1. The first-order valence-corrected chi connectivity index (χ1v) is 10.1. The number of aromatic nitrogens is 2. The van der Waals surface area contributed by atoms with E-state index in [0.717, 1.165) is 5.56 Å². The van der Waals surface area contributed by atoms with Crippen molar-refractivity contribution in [3.05, 3.63) is 78.4 Å². The van der Waals surface area contributed by atoms with E-state index in [1.165, 1.54) is 23.5 Å². The summed E-state index contributed by atoms with van der Waals surface area (Å²) >= 11 is 1.25. The zero-order valence-corrected chi connectivity index (χ0v) is 16.5. The Bertz CT molecular complexity index is 1210. The molecule has 1 amide bonds. The van der Waals surface area contributed by atoms with Crippen molar-refractivity contribution < 1.29 is 18.7 Å². The van der Waals surface area contributed by atoms with E-state index in [4.69, 9.17) is 9.47 Å². The van der Waals surface area contributed by atoms with Crippen LogP contribution in [0.15, 0.2) is 67.0 Å². The third-order valence-electron chi connectivity index (χ3n) is 4.68. The minimum absolute atomic E-state index is 0.0961. The number of carbonyl (C=O) groups is 1. The first-order chi connectivity index (χ1) is 14.7. The molecule has 0 bridgehead atoms. The van der Waals surface area contributed by atoms with Gasteiger partial charge < -0.3 is 9.47 Å². The summed E-state index contributed by atoms with van der Waals surface area (Å²) in [6.07, 6.45) is 2.55. The molecule has 1 aliphatic heterocycles. The van der Waals surface area contributed by atoms with Gasteiger partial charge in [0.05, 0.1) is 16.8 Å². The third-order valence-corrected chi connectivity index (χ3v) is 5.72. The number of benzene rings is 2. The van der Waals surface area contributed by atoms with Gasteiger partial charge in [-0.3, -0.25) is 14.7 Å². The van der Waals surface area contributed by atoms with Crippen molar-refractivity contribution in [1.29, 1.82) is 0 Å². The fourth-order valence-electron chi connectivity index (χ4n) is 3.23. The topological polar surface area (TPSA) is 64.6 Å². The molecule has 30 heavy (non-hydrogen) atoms. The first kappa shape index (κ1) is 18.5. The lowest BCUT2D eigenvalue weighted by molar-refractivity contribution is -0.127. The normalized spacial score (nSPS) is 15.2. The van der Waals surface area contributed by atoms with Crippen LogP contribution in [0, 0.1) is 5.82 Å². The van der Waals surface area contributed by atoms with Gasteiger partial charge in [0.15, 0.2) is 16.6 Å². The van der Waals surface area contributed by atoms with E-state index in [2.05, 4.69) is 9.97 Å². The summed E-state index contributed by atoms with van der Waals surface area (Å²) in [4.78, 5) is 23.7. The lowest BCUT2D eigenvalue weighted by Gasteiger charge is -2.29. The molecule has 150 valence electrons. The third kappa shape index (κ3) is 3.57. The minimum Gasteiger partial charge on any atom is -0.485 e. The van der Waals surface area contributed by atoms with Crippen molar-refractivity contribution in [3.63, 3.8) is 0 Å². The highest BCUT2D eigenvalue weighted by molar-refractivity contribution is 7.22. The molecule has 2 aromatic carbocycles. The number of para-hydroxylation sites is 2. The van der Waals surface area contributed by atoms with Gasteiger partial charge in [-0.15, -0.1) is 0 Å². The van der Waals surface area contributed by atoms with Crippen LogP contribution in [0.25, 0.3) is 10.2 Å². The van der Waals surface area contributed by atoms with Crippen LogP contribution in [-0.2, 0) is 11.3 Å². The van der Waals surface area contributed by atoms with Gasteiger partial charge in [0, 0.05) is 12.4 Å². The summed E-state index contributed by atoms with van der Waals surface area (Å²) in [5.41, 5.74) is 1.47. The van der Waals surface area contributed by atoms with Crippen LogP contribution >= 0.6 is 11.3 Å². The number of hydrogen-bond acceptors (Lipinski definition) is 6. The van der Waals surface area contributed by atoms with Crippen molar-refractivity contribution >= 4 is 32.6 Å². The van der Waals surface area contributed by atoms with Gasteiger partial charge in [0.2, 0.25) is 6.10 Å². The molecule has 1 atom stereocenters. The van der Waals surface area contributed by atoms with E-state index >= 15 is 0 Å². The number of pyridine rings is 1. The van der Waals surface area contributed by atoms with E-state index in [-0.39, 0.29) is 24.9 Å². The molecule has 0 fully saturated rings. The molecule has 0 radical (unpaired) electrons. The Morgan fingerprint density at radius 2 is 2.03 bits per heavy atom. The van der Waals surface area contributed by atoms with Gasteiger partial charge in [0.25, 0.3) is 5.91 Å². The molecule has 3 heterocycles. The molecule has 5 rings (SSSR count). The molecule has 0 spiro atoms. The Kier molecular flexibility index (Phi) is 4.76. The maximum atomic E-state index is 13.6.